The summed E-state index contributed by atoms with van der Waals surface area (Å²) >= 11 is 0. The summed E-state index contributed by atoms with van der Waals surface area (Å²) in [6.45, 7) is 3.39. The van der Waals surface area contributed by atoms with Gasteiger partial charge >= 0.3 is 5.91 Å². The molecule has 1 aromatic heterocycles. The van der Waals surface area contributed by atoms with Crippen molar-refractivity contribution >= 4 is 17.5 Å². The number of rotatable bonds is 5. The molecule has 1 saturated heterocycles. The van der Waals surface area contributed by atoms with Crippen LogP contribution in [-0.2, 0) is 4.79 Å². The van der Waals surface area contributed by atoms with E-state index in [0.717, 1.165) is 37.6 Å². The van der Waals surface area contributed by atoms with E-state index >= 15 is 0 Å². The van der Waals surface area contributed by atoms with Crippen LogP contribution in [0.3, 0.4) is 0 Å². The third-order valence-electron chi connectivity index (χ3n) is 4.22. The summed E-state index contributed by atoms with van der Waals surface area (Å²) in [7, 11) is 1.65. The largest absolute Gasteiger partial charge is 0.497 e. The summed E-state index contributed by atoms with van der Waals surface area (Å²) in [5.74, 6) is 0.236. The van der Waals surface area contributed by atoms with Gasteiger partial charge in [0.2, 0.25) is 0 Å². The zero-order valence-corrected chi connectivity index (χ0v) is 14.6. The Morgan fingerprint density at radius 3 is 2.62 bits per heavy atom. The average molecular weight is 358 g/mol. The lowest BCUT2D eigenvalue weighted by Gasteiger charge is -2.35. The smallest absolute Gasteiger partial charge is 0.305 e. The number of piperazine rings is 1. The Balaban J connectivity index is 1.42. The van der Waals surface area contributed by atoms with E-state index in [1.807, 2.05) is 23.1 Å². The van der Waals surface area contributed by atoms with Gasteiger partial charge in [0.1, 0.15) is 5.75 Å². The minimum atomic E-state index is -0.480. The first-order valence-corrected chi connectivity index (χ1v) is 8.40. The fourth-order valence-electron chi connectivity index (χ4n) is 2.81. The molecular formula is C18H22N4O4. The Labute approximate surface area is 151 Å². The van der Waals surface area contributed by atoms with Crippen molar-refractivity contribution in [3.05, 3.63) is 48.4 Å². The Bertz CT molecular complexity index is 739. The number of methoxy groups -OCH3 is 1. The second-order valence-electron chi connectivity index (χ2n) is 5.94. The van der Waals surface area contributed by atoms with Crippen LogP contribution in [-0.4, -0.2) is 56.5 Å². The minimum Gasteiger partial charge on any atom is -0.497 e. The predicted molar refractivity (Wildman–Crippen MR) is 96.0 cm³/mol. The first-order valence-electron chi connectivity index (χ1n) is 8.40. The van der Waals surface area contributed by atoms with Gasteiger partial charge in [-0.2, -0.15) is 0 Å². The number of nitrogens with zero attached hydrogens (tertiary/aromatic N) is 2. The molecule has 0 atom stereocenters. The van der Waals surface area contributed by atoms with Gasteiger partial charge in [0, 0.05) is 37.9 Å². The number of furan rings is 1. The van der Waals surface area contributed by atoms with Gasteiger partial charge in [0.25, 0.3) is 5.91 Å². The molecular weight excluding hydrogens is 336 g/mol. The molecule has 0 unspecified atom stereocenters. The summed E-state index contributed by atoms with van der Waals surface area (Å²) in [6, 6.07) is 11.1. The standard InChI is InChI=1S/C18H22N4O4/c1-25-15-5-2-4-14(12-15)22-9-7-21(8-10-22)13-17(23)19-20-18(24)16-6-3-11-26-16/h2-6,11-12H,7-10,13H2,1H3,(H,19,23)(H,20,24). The number of hydrazine groups is 1. The lowest BCUT2D eigenvalue weighted by atomic mass is 10.2. The first-order chi connectivity index (χ1) is 12.7. The molecule has 2 aromatic rings. The average Bonchev–Trinajstić information content (AvgIpc) is 3.22. The summed E-state index contributed by atoms with van der Waals surface area (Å²) in [4.78, 5) is 28.0. The molecule has 0 bridgehead atoms. The number of carbonyl (C=O) groups is 2. The second-order valence-corrected chi connectivity index (χ2v) is 5.94. The van der Waals surface area contributed by atoms with E-state index in [0.29, 0.717) is 0 Å². The van der Waals surface area contributed by atoms with Crippen LogP contribution in [0, 0.1) is 0 Å². The molecule has 8 nitrogen and oxygen atoms in total. The highest BCUT2D eigenvalue weighted by Gasteiger charge is 2.20. The fraction of sp³-hybridized carbons (Fsp3) is 0.333. The summed E-state index contributed by atoms with van der Waals surface area (Å²) in [6.07, 6.45) is 1.40. The zero-order chi connectivity index (χ0) is 18.4. The molecule has 138 valence electrons. The van der Waals surface area contributed by atoms with E-state index < -0.39 is 5.91 Å². The Hall–Kier alpha value is -3.00. The summed E-state index contributed by atoms with van der Waals surface area (Å²) in [5, 5.41) is 0. The summed E-state index contributed by atoms with van der Waals surface area (Å²) < 4.78 is 10.2. The minimum absolute atomic E-state index is 0.150. The van der Waals surface area contributed by atoms with Crippen molar-refractivity contribution in [3.8, 4) is 5.75 Å². The Kier molecular flexibility index (Phi) is 5.75. The molecule has 2 heterocycles. The normalized spacial score (nSPS) is 14.7. The number of amides is 2. The maximum absolute atomic E-state index is 12.0. The quantitative estimate of drug-likeness (QED) is 0.772. The van der Waals surface area contributed by atoms with E-state index in [9.17, 15) is 9.59 Å². The molecule has 0 radical (unpaired) electrons. The fourth-order valence-corrected chi connectivity index (χ4v) is 2.81. The monoisotopic (exact) mass is 358 g/mol. The van der Waals surface area contributed by atoms with Crippen molar-refractivity contribution in [2.45, 2.75) is 0 Å². The molecule has 1 fully saturated rings. The van der Waals surface area contributed by atoms with Crippen LogP contribution >= 0.6 is 0 Å². The highest BCUT2D eigenvalue weighted by molar-refractivity contribution is 5.93. The molecule has 0 aliphatic carbocycles. The number of carbonyl (C=O) groups excluding carboxylic acids is 2. The molecule has 2 amide bonds. The number of anilines is 1. The first kappa shape index (κ1) is 17.8. The van der Waals surface area contributed by atoms with Crippen LogP contribution in [0.1, 0.15) is 10.6 Å². The van der Waals surface area contributed by atoms with Crippen LogP contribution in [0.5, 0.6) is 5.75 Å². The van der Waals surface area contributed by atoms with Gasteiger partial charge in [-0.05, 0) is 24.3 Å². The van der Waals surface area contributed by atoms with Crippen LogP contribution in [0.2, 0.25) is 0 Å². The topological polar surface area (TPSA) is 87.0 Å². The Morgan fingerprint density at radius 1 is 1.12 bits per heavy atom. The predicted octanol–water partition coefficient (Wildman–Crippen LogP) is 0.871. The highest BCUT2D eigenvalue weighted by Crippen LogP contribution is 2.21. The highest BCUT2D eigenvalue weighted by atomic mass is 16.5. The number of ether oxygens (including phenoxy) is 1. The van der Waals surface area contributed by atoms with Gasteiger partial charge in [-0.15, -0.1) is 0 Å². The molecule has 26 heavy (non-hydrogen) atoms. The van der Waals surface area contributed by atoms with E-state index in [-0.39, 0.29) is 18.2 Å². The van der Waals surface area contributed by atoms with Gasteiger partial charge in [-0.25, -0.2) is 0 Å². The molecule has 0 spiro atoms. The van der Waals surface area contributed by atoms with Crippen LogP contribution < -0.4 is 20.5 Å². The second kappa shape index (κ2) is 8.39. The van der Waals surface area contributed by atoms with Crippen molar-refractivity contribution < 1.29 is 18.7 Å². The van der Waals surface area contributed by atoms with Crippen LogP contribution in [0.15, 0.2) is 47.1 Å². The van der Waals surface area contributed by atoms with Gasteiger partial charge in [0.05, 0.1) is 19.9 Å². The van der Waals surface area contributed by atoms with Crippen molar-refractivity contribution in [3.63, 3.8) is 0 Å². The molecule has 1 aromatic carbocycles. The van der Waals surface area contributed by atoms with Crippen LogP contribution in [0.4, 0.5) is 5.69 Å². The maximum atomic E-state index is 12.0. The van der Waals surface area contributed by atoms with Crippen molar-refractivity contribution in [1.29, 1.82) is 0 Å². The third kappa shape index (κ3) is 4.54. The lowest BCUT2D eigenvalue weighted by Crippen LogP contribution is -2.51. The van der Waals surface area contributed by atoms with Gasteiger partial charge < -0.3 is 14.1 Å². The maximum Gasteiger partial charge on any atom is 0.305 e. The molecule has 0 saturated carbocycles. The number of benzene rings is 1. The number of hydrogen-bond acceptors (Lipinski definition) is 6. The Morgan fingerprint density at radius 2 is 1.92 bits per heavy atom. The summed E-state index contributed by atoms with van der Waals surface area (Å²) in [5.41, 5.74) is 5.85. The molecule has 1 aliphatic rings. The van der Waals surface area contributed by atoms with Gasteiger partial charge in [0.15, 0.2) is 5.76 Å². The van der Waals surface area contributed by atoms with Crippen molar-refractivity contribution in [2.75, 3.05) is 44.7 Å². The van der Waals surface area contributed by atoms with Gasteiger partial charge in [-0.1, -0.05) is 6.07 Å². The molecule has 1 aliphatic heterocycles. The SMILES string of the molecule is COc1cccc(N2CCN(CC(=O)NNC(=O)c3ccco3)CC2)c1. The zero-order valence-electron chi connectivity index (χ0n) is 14.6. The van der Waals surface area contributed by atoms with Crippen molar-refractivity contribution in [2.24, 2.45) is 0 Å². The van der Waals surface area contributed by atoms with Crippen molar-refractivity contribution in [1.82, 2.24) is 15.8 Å². The number of hydrogen-bond donors (Lipinski definition) is 2. The lowest BCUT2D eigenvalue weighted by molar-refractivity contribution is -0.123. The third-order valence-corrected chi connectivity index (χ3v) is 4.22. The van der Waals surface area contributed by atoms with E-state index in [4.69, 9.17) is 9.15 Å². The molecule has 3 rings (SSSR count). The molecule has 2 N–H and O–H groups in total. The van der Waals surface area contributed by atoms with E-state index in [1.165, 1.54) is 12.3 Å². The van der Waals surface area contributed by atoms with Crippen LogP contribution in [0.25, 0.3) is 0 Å². The number of nitrogens with one attached hydrogen (secondary N) is 2. The van der Waals surface area contributed by atoms with E-state index in [1.54, 1.807) is 13.2 Å². The molecule has 8 heteroatoms. The van der Waals surface area contributed by atoms with Gasteiger partial charge in [-0.3, -0.25) is 25.3 Å². The van der Waals surface area contributed by atoms with E-state index in [2.05, 4.69) is 21.8 Å².